The van der Waals surface area contributed by atoms with E-state index in [1.54, 1.807) is 6.20 Å². The van der Waals surface area contributed by atoms with Gasteiger partial charge in [0.1, 0.15) is 11.3 Å². The molecule has 1 unspecified atom stereocenters. The molecule has 128 valence electrons. The molecule has 0 fully saturated rings. The first kappa shape index (κ1) is 15.6. The Morgan fingerprint density at radius 3 is 2.92 bits per heavy atom. The van der Waals surface area contributed by atoms with E-state index in [1.807, 2.05) is 53.9 Å². The van der Waals surface area contributed by atoms with Gasteiger partial charge in [-0.3, -0.25) is 9.48 Å². The molecule has 3 aromatic rings. The maximum absolute atomic E-state index is 13.3. The zero-order chi connectivity index (χ0) is 17.4. The quantitative estimate of drug-likeness (QED) is 0.737. The van der Waals surface area contributed by atoms with E-state index < -0.39 is 0 Å². The third-order valence-electron chi connectivity index (χ3n) is 4.74. The van der Waals surface area contributed by atoms with Crippen molar-refractivity contribution in [3.05, 3.63) is 65.3 Å². The lowest BCUT2D eigenvalue weighted by Gasteiger charge is -2.34. The third kappa shape index (κ3) is 2.63. The summed E-state index contributed by atoms with van der Waals surface area (Å²) in [5.41, 5.74) is 3.33. The number of hydrogen-bond donors (Lipinski definition) is 0. The van der Waals surface area contributed by atoms with Crippen LogP contribution in [0, 0.1) is 6.92 Å². The number of aryl methyl sites for hydroxylation is 2. The Morgan fingerprint density at radius 1 is 1.32 bits per heavy atom. The number of fused-ring (bicyclic) bond motifs is 1. The fourth-order valence-corrected chi connectivity index (χ4v) is 3.51. The Bertz CT molecular complexity index is 898. The second-order valence-electron chi connectivity index (χ2n) is 6.31. The molecule has 0 bridgehead atoms. The van der Waals surface area contributed by atoms with Crippen molar-refractivity contribution in [3.8, 4) is 0 Å². The number of carbonyl (C=O) groups excluding carboxylic acids is 1. The van der Waals surface area contributed by atoms with Crippen molar-refractivity contribution < 1.29 is 9.32 Å². The highest BCUT2D eigenvalue weighted by atomic mass is 16.5. The average molecular weight is 336 g/mol. The van der Waals surface area contributed by atoms with Gasteiger partial charge in [-0.15, -0.1) is 0 Å². The Labute approximate surface area is 146 Å². The van der Waals surface area contributed by atoms with Crippen LogP contribution in [-0.2, 0) is 12.8 Å². The van der Waals surface area contributed by atoms with Gasteiger partial charge in [-0.1, -0.05) is 30.3 Å². The van der Waals surface area contributed by atoms with Crippen LogP contribution in [0.1, 0.15) is 40.3 Å². The molecule has 6 nitrogen and oxygen atoms in total. The minimum absolute atomic E-state index is 0.0556. The van der Waals surface area contributed by atoms with E-state index in [9.17, 15) is 4.79 Å². The number of anilines is 1. The number of aromatic nitrogens is 3. The Balaban J connectivity index is 1.77. The van der Waals surface area contributed by atoms with E-state index in [0.717, 1.165) is 17.7 Å². The lowest BCUT2D eigenvalue weighted by molar-refractivity contribution is 0.0977. The maximum atomic E-state index is 13.3. The lowest BCUT2D eigenvalue weighted by atomic mass is 9.96. The van der Waals surface area contributed by atoms with Crippen LogP contribution < -0.4 is 4.90 Å². The van der Waals surface area contributed by atoms with E-state index in [2.05, 4.69) is 16.3 Å². The summed E-state index contributed by atoms with van der Waals surface area (Å²) in [6.07, 6.45) is 5.21. The fraction of sp³-hybridized carbons (Fsp3) is 0.316. The normalized spacial score (nSPS) is 16.7. The highest BCUT2D eigenvalue weighted by molar-refractivity contribution is 6.08. The van der Waals surface area contributed by atoms with Crippen molar-refractivity contribution in [1.29, 1.82) is 0 Å². The van der Waals surface area contributed by atoms with Crippen LogP contribution in [0.25, 0.3) is 0 Å². The Hall–Kier alpha value is -2.89. The number of amides is 1. The molecule has 0 radical (unpaired) electrons. The van der Waals surface area contributed by atoms with Crippen molar-refractivity contribution in [3.63, 3.8) is 0 Å². The molecule has 2 aromatic heterocycles. The van der Waals surface area contributed by atoms with Crippen LogP contribution in [0.2, 0.25) is 0 Å². The van der Waals surface area contributed by atoms with Gasteiger partial charge < -0.3 is 9.42 Å². The number of hydrogen-bond acceptors (Lipinski definition) is 4. The molecular formula is C19H20N4O2. The van der Waals surface area contributed by atoms with Gasteiger partial charge in [0.2, 0.25) is 0 Å². The summed E-state index contributed by atoms with van der Waals surface area (Å²) in [5, 5.41) is 8.36. The Morgan fingerprint density at radius 2 is 2.16 bits per heavy atom. The van der Waals surface area contributed by atoms with Crippen molar-refractivity contribution in [2.24, 2.45) is 0 Å². The molecule has 1 aromatic carbocycles. The molecule has 0 aliphatic carbocycles. The SMILES string of the molecule is CCc1onc(C)c1C(=O)N1CC(n2cccn2)Cc2ccccc21. The highest BCUT2D eigenvalue weighted by Crippen LogP contribution is 2.33. The van der Waals surface area contributed by atoms with Gasteiger partial charge in [0, 0.05) is 31.0 Å². The van der Waals surface area contributed by atoms with Crippen LogP contribution in [-0.4, -0.2) is 27.4 Å². The molecule has 1 aliphatic rings. The predicted octanol–water partition coefficient (Wildman–Crippen LogP) is 3.19. The summed E-state index contributed by atoms with van der Waals surface area (Å²) in [6, 6.07) is 10.1. The molecule has 1 atom stereocenters. The first-order chi connectivity index (χ1) is 12.2. The summed E-state index contributed by atoms with van der Waals surface area (Å²) in [6.45, 7) is 4.36. The van der Waals surface area contributed by atoms with Gasteiger partial charge >= 0.3 is 0 Å². The summed E-state index contributed by atoms with van der Waals surface area (Å²) in [4.78, 5) is 15.2. The molecule has 0 spiro atoms. The van der Waals surface area contributed by atoms with Crippen molar-refractivity contribution in [2.75, 3.05) is 11.4 Å². The van der Waals surface area contributed by atoms with E-state index in [-0.39, 0.29) is 11.9 Å². The van der Waals surface area contributed by atoms with Crippen molar-refractivity contribution >= 4 is 11.6 Å². The minimum atomic E-state index is -0.0556. The number of para-hydroxylation sites is 1. The summed E-state index contributed by atoms with van der Waals surface area (Å²) in [7, 11) is 0. The molecule has 1 amide bonds. The fourth-order valence-electron chi connectivity index (χ4n) is 3.51. The molecule has 6 heteroatoms. The summed E-state index contributed by atoms with van der Waals surface area (Å²) < 4.78 is 7.26. The zero-order valence-electron chi connectivity index (χ0n) is 14.3. The van der Waals surface area contributed by atoms with E-state index in [0.29, 0.717) is 30.0 Å². The molecule has 0 saturated carbocycles. The van der Waals surface area contributed by atoms with Crippen LogP contribution in [0.3, 0.4) is 0 Å². The van der Waals surface area contributed by atoms with Gasteiger partial charge in [-0.25, -0.2) is 0 Å². The van der Waals surface area contributed by atoms with Gasteiger partial charge in [0.05, 0.1) is 11.7 Å². The largest absolute Gasteiger partial charge is 0.360 e. The number of rotatable bonds is 3. The first-order valence-electron chi connectivity index (χ1n) is 8.53. The van der Waals surface area contributed by atoms with Gasteiger partial charge in [0.25, 0.3) is 5.91 Å². The van der Waals surface area contributed by atoms with Crippen LogP contribution in [0.5, 0.6) is 0 Å². The monoisotopic (exact) mass is 336 g/mol. The van der Waals surface area contributed by atoms with Crippen molar-refractivity contribution in [1.82, 2.24) is 14.9 Å². The number of carbonyl (C=O) groups is 1. The van der Waals surface area contributed by atoms with Gasteiger partial charge in [0.15, 0.2) is 0 Å². The topological polar surface area (TPSA) is 64.2 Å². The molecule has 3 heterocycles. The van der Waals surface area contributed by atoms with Gasteiger partial charge in [-0.05, 0) is 31.0 Å². The second kappa shape index (κ2) is 6.20. The average Bonchev–Trinajstić information content (AvgIpc) is 3.29. The van der Waals surface area contributed by atoms with E-state index in [4.69, 9.17) is 4.52 Å². The van der Waals surface area contributed by atoms with E-state index >= 15 is 0 Å². The molecular weight excluding hydrogens is 316 g/mol. The minimum Gasteiger partial charge on any atom is -0.360 e. The molecule has 0 saturated heterocycles. The maximum Gasteiger partial charge on any atom is 0.263 e. The second-order valence-corrected chi connectivity index (χ2v) is 6.31. The molecule has 0 N–H and O–H groups in total. The van der Waals surface area contributed by atoms with Crippen LogP contribution in [0.4, 0.5) is 5.69 Å². The standard InChI is InChI=1S/C19H20N4O2/c1-3-17-18(13(2)21-25-17)19(24)22-12-15(23-10-6-9-20-23)11-14-7-4-5-8-16(14)22/h4-10,15H,3,11-12H2,1-2H3. The first-order valence-corrected chi connectivity index (χ1v) is 8.53. The molecule has 25 heavy (non-hydrogen) atoms. The molecule has 4 rings (SSSR count). The summed E-state index contributed by atoms with van der Waals surface area (Å²) in [5.74, 6) is 0.584. The van der Waals surface area contributed by atoms with Gasteiger partial charge in [-0.2, -0.15) is 5.10 Å². The Kier molecular flexibility index (Phi) is 3.87. The number of nitrogens with zero attached hydrogens (tertiary/aromatic N) is 4. The number of benzene rings is 1. The highest BCUT2D eigenvalue weighted by Gasteiger charge is 2.33. The van der Waals surface area contributed by atoms with Crippen molar-refractivity contribution in [2.45, 2.75) is 32.7 Å². The van der Waals surface area contributed by atoms with E-state index in [1.165, 1.54) is 0 Å². The third-order valence-corrected chi connectivity index (χ3v) is 4.74. The zero-order valence-corrected chi connectivity index (χ0v) is 14.3. The predicted molar refractivity (Wildman–Crippen MR) is 93.7 cm³/mol. The lowest BCUT2D eigenvalue weighted by Crippen LogP contribution is -2.41. The smallest absolute Gasteiger partial charge is 0.263 e. The molecule has 1 aliphatic heterocycles. The van der Waals surface area contributed by atoms with Crippen LogP contribution in [0.15, 0.2) is 47.2 Å². The summed E-state index contributed by atoms with van der Waals surface area (Å²) >= 11 is 0. The van der Waals surface area contributed by atoms with Crippen LogP contribution >= 0.6 is 0 Å².